The highest BCUT2D eigenvalue weighted by Gasteiger charge is 2.20. The molecule has 0 atom stereocenters. The van der Waals surface area contributed by atoms with Gasteiger partial charge in [-0.3, -0.25) is 0 Å². The van der Waals surface area contributed by atoms with Crippen LogP contribution in [-0.2, 0) is 6.42 Å². The molecule has 3 heteroatoms. The summed E-state index contributed by atoms with van der Waals surface area (Å²) in [4.78, 5) is 0. The van der Waals surface area contributed by atoms with E-state index in [-0.39, 0.29) is 5.56 Å². The zero-order valence-corrected chi connectivity index (χ0v) is 17.2. The molecule has 2 aromatic rings. The van der Waals surface area contributed by atoms with Crippen LogP contribution in [0.15, 0.2) is 36.4 Å². The van der Waals surface area contributed by atoms with Crippen LogP contribution in [0.4, 0.5) is 8.78 Å². The van der Waals surface area contributed by atoms with Gasteiger partial charge in [-0.15, -0.1) is 0 Å². The van der Waals surface area contributed by atoms with E-state index in [0.29, 0.717) is 16.5 Å². The third-order valence-electron chi connectivity index (χ3n) is 5.78. The highest BCUT2D eigenvalue weighted by atomic mass is 35.5. The zero-order valence-electron chi connectivity index (χ0n) is 16.4. The van der Waals surface area contributed by atoms with Crippen molar-refractivity contribution in [2.45, 2.75) is 58.3 Å². The average Bonchev–Trinajstić information content (AvgIpc) is 2.68. The van der Waals surface area contributed by atoms with Gasteiger partial charge in [-0.1, -0.05) is 68.9 Å². The van der Waals surface area contributed by atoms with Crippen molar-refractivity contribution in [1.82, 2.24) is 0 Å². The molecule has 0 unspecified atom stereocenters. The minimum absolute atomic E-state index is 0.168. The van der Waals surface area contributed by atoms with Gasteiger partial charge >= 0.3 is 0 Å². The molecule has 28 heavy (non-hydrogen) atoms. The van der Waals surface area contributed by atoms with E-state index >= 15 is 0 Å². The Labute approximate surface area is 172 Å². The largest absolute Gasteiger partial charge is 0.206 e. The molecule has 1 fully saturated rings. The van der Waals surface area contributed by atoms with Gasteiger partial charge in [-0.25, -0.2) is 8.78 Å². The maximum atomic E-state index is 14.4. The van der Waals surface area contributed by atoms with Crippen LogP contribution in [0.5, 0.6) is 0 Å². The van der Waals surface area contributed by atoms with E-state index in [0.717, 1.165) is 24.3 Å². The van der Waals surface area contributed by atoms with Crippen molar-refractivity contribution in [3.8, 4) is 11.8 Å². The summed E-state index contributed by atoms with van der Waals surface area (Å²) < 4.78 is 28.8. The van der Waals surface area contributed by atoms with Gasteiger partial charge in [0.1, 0.15) is 11.6 Å². The minimum Gasteiger partial charge on any atom is -0.206 e. The van der Waals surface area contributed by atoms with Gasteiger partial charge in [0, 0.05) is 10.6 Å². The first-order chi connectivity index (χ1) is 13.5. The van der Waals surface area contributed by atoms with Gasteiger partial charge in [0.05, 0.1) is 5.56 Å². The number of rotatable bonds is 5. The molecule has 148 valence electrons. The van der Waals surface area contributed by atoms with E-state index < -0.39 is 11.6 Å². The summed E-state index contributed by atoms with van der Waals surface area (Å²) in [6.07, 6.45) is 9.44. The molecule has 3 rings (SSSR count). The maximum absolute atomic E-state index is 14.4. The van der Waals surface area contributed by atoms with Crippen molar-refractivity contribution in [2.24, 2.45) is 11.8 Å². The number of benzene rings is 2. The molecule has 0 aliphatic heterocycles. The average molecular weight is 401 g/mol. The summed E-state index contributed by atoms with van der Waals surface area (Å²) >= 11 is 5.84. The second-order valence-corrected chi connectivity index (χ2v) is 8.34. The lowest BCUT2D eigenvalue weighted by molar-refractivity contribution is 0.252. The first-order valence-electron chi connectivity index (χ1n) is 10.3. The van der Waals surface area contributed by atoms with E-state index in [1.54, 1.807) is 24.3 Å². The Hall–Kier alpha value is -1.85. The lowest BCUT2D eigenvalue weighted by atomic mass is 9.78. The van der Waals surface area contributed by atoms with Gasteiger partial charge in [-0.05, 0) is 66.6 Å². The normalized spacial score (nSPS) is 19.1. The lowest BCUT2D eigenvalue weighted by Crippen LogP contribution is -2.15. The van der Waals surface area contributed by atoms with Crippen LogP contribution in [0.2, 0.25) is 5.02 Å². The molecule has 0 nitrogen and oxygen atoms in total. The zero-order chi connectivity index (χ0) is 19.9. The fourth-order valence-corrected chi connectivity index (χ4v) is 4.27. The molecule has 0 heterocycles. The van der Waals surface area contributed by atoms with Crippen LogP contribution in [0.3, 0.4) is 0 Å². The summed E-state index contributed by atoms with van der Waals surface area (Å²) in [6.45, 7) is 2.25. The summed E-state index contributed by atoms with van der Waals surface area (Å²) in [5.41, 5.74) is 1.23. The Balaban J connectivity index is 1.60. The highest BCUT2D eigenvalue weighted by Crippen LogP contribution is 2.34. The number of halogens is 3. The van der Waals surface area contributed by atoms with Crippen molar-refractivity contribution in [1.29, 1.82) is 0 Å². The van der Waals surface area contributed by atoms with Gasteiger partial charge < -0.3 is 0 Å². The first kappa shape index (κ1) is 20.9. The first-order valence-corrected chi connectivity index (χ1v) is 10.7. The molecule has 1 aliphatic carbocycles. The van der Waals surface area contributed by atoms with Crippen molar-refractivity contribution >= 4 is 11.6 Å². The summed E-state index contributed by atoms with van der Waals surface area (Å²) in [5.74, 6) is 5.83. The summed E-state index contributed by atoms with van der Waals surface area (Å²) in [6, 6.07) is 9.76. The van der Waals surface area contributed by atoms with Gasteiger partial charge in [0.2, 0.25) is 0 Å². The van der Waals surface area contributed by atoms with Crippen molar-refractivity contribution < 1.29 is 8.78 Å². The fourth-order valence-electron chi connectivity index (χ4n) is 4.15. The maximum Gasteiger partial charge on any atom is 0.142 e. The highest BCUT2D eigenvalue weighted by molar-refractivity contribution is 6.30. The van der Waals surface area contributed by atoms with Crippen LogP contribution in [0.1, 0.15) is 68.6 Å². The molecular formula is C25H27ClF2. The van der Waals surface area contributed by atoms with Gasteiger partial charge in [-0.2, -0.15) is 0 Å². The predicted molar refractivity (Wildman–Crippen MR) is 112 cm³/mol. The third-order valence-corrected chi connectivity index (χ3v) is 6.03. The number of hydrogen-bond donors (Lipinski definition) is 0. The molecule has 2 aromatic carbocycles. The Morgan fingerprint density at radius 3 is 2.04 bits per heavy atom. The molecule has 0 saturated heterocycles. The van der Waals surface area contributed by atoms with Crippen molar-refractivity contribution in [2.75, 3.05) is 0 Å². The topological polar surface area (TPSA) is 0 Å². The molecule has 0 N–H and O–H groups in total. The minimum atomic E-state index is -0.580. The third kappa shape index (κ3) is 5.82. The van der Waals surface area contributed by atoms with Gasteiger partial charge in [0.15, 0.2) is 0 Å². The molecule has 0 radical (unpaired) electrons. The molecule has 0 amide bonds. The summed E-state index contributed by atoms with van der Waals surface area (Å²) in [7, 11) is 0. The van der Waals surface area contributed by atoms with E-state index in [4.69, 9.17) is 11.6 Å². The lowest BCUT2D eigenvalue weighted by Gasteiger charge is -2.28. The van der Waals surface area contributed by atoms with E-state index in [1.807, 2.05) is 0 Å². The molecule has 1 aliphatic rings. The van der Waals surface area contributed by atoms with Crippen LogP contribution in [0, 0.1) is 35.3 Å². The van der Waals surface area contributed by atoms with E-state index in [2.05, 4.69) is 18.8 Å². The Bertz CT molecular complexity index is 814. The van der Waals surface area contributed by atoms with E-state index in [1.165, 1.54) is 50.7 Å². The fraction of sp³-hybridized carbons (Fsp3) is 0.440. The van der Waals surface area contributed by atoms with Crippen molar-refractivity contribution in [3.63, 3.8) is 0 Å². The Morgan fingerprint density at radius 2 is 1.46 bits per heavy atom. The molecule has 0 aromatic heterocycles. The molecule has 1 saturated carbocycles. The van der Waals surface area contributed by atoms with E-state index in [9.17, 15) is 8.78 Å². The van der Waals surface area contributed by atoms with Crippen LogP contribution >= 0.6 is 11.6 Å². The molecular weight excluding hydrogens is 374 g/mol. The number of aryl methyl sites for hydroxylation is 1. The number of hydrogen-bond acceptors (Lipinski definition) is 0. The van der Waals surface area contributed by atoms with Gasteiger partial charge in [0.25, 0.3) is 0 Å². The smallest absolute Gasteiger partial charge is 0.142 e. The monoisotopic (exact) mass is 400 g/mol. The predicted octanol–water partition coefficient (Wildman–Crippen LogP) is 7.56. The van der Waals surface area contributed by atoms with Crippen LogP contribution in [-0.4, -0.2) is 0 Å². The van der Waals surface area contributed by atoms with Crippen molar-refractivity contribution in [3.05, 3.63) is 69.7 Å². The Morgan fingerprint density at radius 1 is 0.893 bits per heavy atom. The second kappa shape index (κ2) is 10.1. The molecule has 0 spiro atoms. The Kier molecular flexibility index (Phi) is 7.51. The molecule has 0 bridgehead atoms. The SMILES string of the molecule is CCC[C@H]1CC[C@H](CCc2cc(F)c(C#Cc3ccc(Cl)cc3)c(F)c2)CC1. The quantitative estimate of drug-likeness (QED) is 0.454. The second-order valence-electron chi connectivity index (χ2n) is 7.91. The van der Waals surface area contributed by atoms with Crippen LogP contribution < -0.4 is 0 Å². The summed E-state index contributed by atoms with van der Waals surface area (Å²) in [5, 5.41) is 0.603. The standard InChI is InChI=1S/C25H27ClF2/c1-2-3-18-4-6-19(7-5-18)8-9-21-16-24(27)23(25(28)17-21)15-12-20-10-13-22(26)14-11-20/h10-11,13-14,16-19H,2-9H2,1H3/t18-,19-. The van der Waals surface area contributed by atoms with Crippen LogP contribution in [0.25, 0.3) is 0 Å².